The third-order valence-corrected chi connectivity index (χ3v) is 3.21. The van der Waals surface area contributed by atoms with Crippen LogP contribution in [0, 0.1) is 5.82 Å². The van der Waals surface area contributed by atoms with Crippen LogP contribution >= 0.6 is 11.6 Å². The summed E-state index contributed by atoms with van der Waals surface area (Å²) in [4.78, 5) is 12.1. The fourth-order valence-corrected chi connectivity index (χ4v) is 2.03. The van der Waals surface area contributed by atoms with Gasteiger partial charge in [-0.2, -0.15) is 5.10 Å². The van der Waals surface area contributed by atoms with Gasteiger partial charge in [-0.25, -0.2) is 4.39 Å². The van der Waals surface area contributed by atoms with Crippen LogP contribution in [0.2, 0.25) is 5.02 Å². The second kappa shape index (κ2) is 4.94. The summed E-state index contributed by atoms with van der Waals surface area (Å²) in [5.41, 5.74) is 1.42. The van der Waals surface area contributed by atoms with E-state index in [1.807, 2.05) is 0 Å². The summed E-state index contributed by atoms with van der Waals surface area (Å²) in [5, 5.41) is 10.4. The second-order valence-corrected chi connectivity index (χ2v) is 4.66. The van der Waals surface area contributed by atoms with Crippen molar-refractivity contribution in [1.29, 1.82) is 0 Å². The molecule has 1 amide bonds. The number of anilines is 1. The van der Waals surface area contributed by atoms with E-state index in [0.29, 0.717) is 5.56 Å². The predicted molar refractivity (Wildman–Crippen MR) is 75.5 cm³/mol. The zero-order valence-electron chi connectivity index (χ0n) is 10.2. The summed E-state index contributed by atoms with van der Waals surface area (Å²) in [6, 6.07) is 8.92. The SMILES string of the molecule is O=C(Nc1cc(F)ccc1Cl)c1ccc2cn[nH]c2c1. The van der Waals surface area contributed by atoms with E-state index in [4.69, 9.17) is 11.6 Å². The monoisotopic (exact) mass is 289 g/mol. The lowest BCUT2D eigenvalue weighted by Gasteiger charge is -2.07. The van der Waals surface area contributed by atoms with Gasteiger partial charge >= 0.3 is 0 Å². The van der Waals surface area contributed by atoms with Gasteiger partial charge in [0, 0.05) is 10.9 Å². The standard InChI is InChI=1S/C14H9ClFN3O/c15-11-4-3-10(16)6-13(11)18-14(20)8-1-2-9-7-17-19-12(9)5-8/h1-7H,(H,17,19)(H,18,20). The molecule has 3 aromatic rings. The van der Waals surface area contributed by atoms with Crippen molar-refractivity contribution in [2.75, 3.05) is 5.32 Å². The first-order valence-electron chi connectivity index (χ1n) is 5.83. The predicted octanol–water partition coefficient (Wildman–Crippen LogP) is 3.61. The number of amides is 1. The molecule has 0 aliphatic heterocycles. The van der Waals surface area contributed by atoms with Crippen molar-refractivity contribution in [3.8, 4) is 0 Å². The number of carbonyl (C=O) groups is 1. The highest BCUT2D eigenvalue weighted by atomic mass is 35.5. The van der Waals surface area contributed by atoms with E-state index >= 15 is 0 Å². The van der Waals surface area contributed by atoms with Gasteiger partial charge in [0.25, 0.3) is 5.91 Å². The fraction of sp³-hybridized carbons (Fsp3) is 0. The van der Waals surface area contributed by atoms with Gasteiger partial charge in [-0.3, -0.25) is 9.89 Å². The van der Waals surface area contributed by atoms with Crippen LogP contribution in [0.15, 0.2) is 42.6 Å². The molecule has 100 valence electrons. The van der Waals surface area contributed by atoms with E-state index in [1.165, 1.54) is 18.2 Å². The minimum Gasteiger partial charge on any atom is -0.321 e. The number of H-pyrrole nitrogens is 1. The van der Waals surface area contributed by atoms with E-state index < -0.39 is 5.82 Å². The molecule has 0 aliphatic rings. The van der Waals surface area contributed by atoms with Crippen LogP contribution in [0.4, 0.5) is 10.1 Å². The third-order valence-electron chi connectivity index (χ3n) is 2.88. The largest absolute Gasteiger partial charge is 0.321 e. The van der Waals surface area contributed by atoms with Crippen molar-refractivity contribution in [1.82, 2.24) is 10.2 Å². The van der Waals surface area contributed by atoms with Crippen LogP contribution in [0.5, 0.6) is 0 Å². The molecule has 0 atom stereocenters. The molecular weight excluding hydrogens is 281 g/mol. The molecule has 4 nitrogen and oxygen atoms in total. The molecule has 0 spiro atoms. The van der Waals surface area contributed by atoms with Crippen molar-refractivity contribution in [2.45, 2.75) is 0 Å². The van der Waals surface area contributed by atoms with E-state index in [0.717, 1.165) is 10.9 Å². The van der Waals surface area contributed by atoms with Gasteiger partial charge in [0.15, 0.2) is 0 Å². The Balaban J connectivity index is 1.90. The zero-order chi connectivity index (χ0) is 14.1. The average Bonchev–Trinajstić information content (AvgIpc) is 2.90. The van der Waals surface area contributed by atoms with Gasteiger partial charge in [-0.15, -0.1) is 0 Å². The van der Waals surface area contributed by atoms with Crippen molar-refractivity contribution in [3.05, 3.63) is 59.0 Å². The number of aromatic nitrogens is 2. The van der Waals surface area contributed by atoms with Gasteiger partial charge in [0.05, 0.1) is 22.4 Å². The van der Waals surface area contributed by atoms with Crippen LogP contribution in [0.3, 0.4) is 0 Å². The molecule has 6 heteroatoms. The number of halogens is 2. The Morgan fingerprint density at radius 1 is 1.25 bits per heavy atom. The Bertz CT molecular complexity index is 800. The second-order valence-electron chi connectivity index (χ2n) is 4.25. The third kappa shape index (κ3) is 2.35. The van der Waals surface area contributed by atoms with Gasteiger partial charge in [-0.05, 0) is 30.3 Å². The number of rotatable bonds is 2. The van der Waals surface area contributed by atoms with Crippen molar-refractivity contribution in [2.24, 2.45) is 0 Å². The number of aromatic amines is 1. The van der Waals surface area contributed by atoms with Gasteiger partial charge < -0.3 is 5.32 Å². The van der Waals surface area contributed by atoms with Crippen LogP contribution in [-0.2, 0) is 0 Å². The summed E-state index contributed by atoms with van der Waals surface area (Å²) in [7, 11) is 0. The Hall–Kier alpha value is -2.40. The highest BCUT2D eigenvalue weighted by molar-refractivity contribution is 6.33. The lowest BCUT2D eigenvalue weighted by atomic mass is 10.1. The Morgan fingerprint density at radius 3 is 2.95 bits per heavy atom. The van der Waals surface area contributed by atoms with Gasteiger partial charge in [-0.1, -0.05) is 17.7 Å². The number of carbonyl (C=O) groups excluding carboxylic acids is 1. The van der Waals surface area contributed by atoms with Crippen LogP contribution < -0.4 is 5.32 Å². The molecule has 0 saturated carbocycles. The molecule has 20 heavy (non-hydrogen) atoms. The fourth-order valence-electron chi connectivity index (χ4n) is 1.87. The highest BCUT2D eigenvalue weighted by Gasteiger charge is 2.10. The molecule has 3 rings (SSSR count). The van der Waals surface area contributed by atoms with Crippen LogP contribution in [0.25, 0.3) is 10.9 Å². The molecule has 2 N–H and O–H groups in total. The maximum absolute atomic E-state index is 13.1. The summed E-state index contributed by atoms with van der Waals surface area (Å²) >= 11 is 5.91. The first-order chi connectivity index (χ1) is 9.63. The highest BCUT2D eigenvalue weighted by Crippen LogP contribution is 2.23. The molecule has 0 radical (unpaired) electrons. The number of hydrogen-bond donors (Lipinski definition) is 2. The number of hydrogen-bond acceptors (Lipinski definition) is 2. The van der Waals surface area contributed by atoms with E-state index in [-0.39, 0.29) is 16.6 Å². The Morgan fingerprint density at radius 2 is 2.10 bits per heavy atom. The summed E-state index contributed by atoms with van der Waals surface area (Å²) < 4.78 is 13.1. The topological polar surface area (TPSA) is 57.8 Å². The summed E-state index contributed by atoms with van der Waals surface area (Å²) in [6.07, 6.45) is 1.67. The quantitative estimate of drug-likeness (QED) is 0.757. The number of nitrogens with zero attached hydrogens (tertiary/aromatic N) is 1. The van der Waals surface area contributed by atoms with E-state index in [2.05, 4.69) is 15.5 Å². The number of fused-ring (bicyclic) bond motifs is 1. The van der Waals surface area contributed by atoms with Gasteiger partial charge in [0.1, 0.15) is 5.82 Å². The molecule has 0 bridgehead atoms. The van der Waals surface area contributed by atoms with E-state index in [1.54, 1.807) is 24.4 Å². The lowest BCUT2D eigenvalue weighted by Crippen LogP contribution is -2.12. The van der Waals surface area contributed by atoms with Crippen molar-refractivity contribution >= 4 is 34.1 Å². The summed E-state index contributed by atoms with van der Waals surface area (Å²) in [6.45, 7) is 0. The molecule has 0 fully saturated rings. The smallest absolute Gasteiger partial charge is 0.255 e. The zero-order valence-corrected chi connectivity index (χ0v) is 10.9. The summed E-state index contributed by atoms with van der Waals surface area (Å²) in [5.74, 6) is -0.831. The molecule has 1 aromatic heterocycles. The molecule has 0 unspecified atom stereocenters. The van der Waals surface area contributed by atoms with Crippen molar-refractivity contribution < 1.29 is 9.18 Å². The van der Waals surface area contributed by atoms with Crippen molar-refractivity contribution in [3.63, 3.8) is 0 Å². The minimum absolute atomic E-state index is 0.237. The maximum Gasteiger partial charge on any atom is 0.255 e. The Kier molecular flexibility index (Phi) is 3.12. The van der Waals surface area contributed by atoms with Crippen LogP contribution in [-0.4, -0.2) is 16.1 Å². The lowest BCUT2D eigenvalue weighted by molar-refractivity contribution is 0.102. The molecule has 1 heterocycles. The first-order valence-corrected chi connectivity index (χ1v) is 6.21. The van der Waals surface area contributed by atoms with E-state index in [9.17, 15) is 9.18 Å². The average molecular weight is 290 g/mol. The van der Waals surface area contributed by atoms with Gasteiger partial charge in [0.2, 0.25) is 0 Å². The normalized spacial score (nSPS) is 10.7. The molecule has 2 aromatic carbocycles. The number of nitrogens with one attached hydrogen (secondary N) is 2. The Labute approximate surface area is 118 Å². The first kappa shape index (κ1) is 12.6. The number of benzene rings is 2. The molecular formula is C14H9ClFN3O. The van der Waals surface area contributed by atoms with Crippen LogP contribution in [0.1, 0.15) is 10.4 Å². The molecule has 0 saturated heterocycles. The minimum atomic E-state index is -0.464. The maximum atomic E-state index is 13.1. The molecule has 0 aliphatic carbocycles.